The van der Waals surface area contributed by atoms with Crippen LogP contribution in [0.4, 0.5) is 11.5 Å². The largest absolute Gasteiger partial charge is 0.395 e. The molecule has 0 bridgehead atoms. The third kappa shape index (κ3) is 3.47. The lowest BCUT2D eigenvalue weighted by Gasteiger charge is -2.12. The molecule has 6 heteroatoms. The summed E-state index contributed by atoms with van der Waals surface area (Å²) in [4.78, 5) is 29.2. The van der Waals surface area contributed by atoms with Crippen molar-refractivity contribution in [1.29, 1.82) is 0 Å². The molecular weight excluding hydrogens is 268 g/mol. The van der Waals surface area contributed by atoms with Crippen molar-refractivity contribution in [3.63, 3.8) is 0 Å². The van der Waals surface area contributed by atoms with Gasteiger partial charge in [0.2, 0.25) is 5.91 Å². The van der Waals surface area contributed by atoms with Gasteiger partial charge < -0.3 is 11.1 Å². The second-order valence-electron chi connectivity index (χ2n) is 5.12. The minimum absolute atomic E-state index is 0.183. The van der Waals surface area contributed by atoms with Gasteiger partial charge in [0.1, 0.15) is 5.82 Å². The molecule has 1 aromatic carbocycles. The number of nitrogens with two attached hydrogens (primary N) is 1. The van der Waals surface area contributed by atoms with E-state index in [0.717, 1.165) is 22.3 Å². The number of aromatic nitrogens is 2. The van der Waals surface area contributed by atoms with Gasteiger partial charge in [-0.2, -0.15) is 4.98 Å². The molecule has 0 aliphatic rings. The molecule has 1 heterocycles. The second kappa shape index (κ2) is 5.78. The van der Waals surface area contributed by atoms with E-state index in [-0.39, 0.29) is 23.8 Å². The van der Waals surface area contributed by atoms with Crippen molar-refractivity contribution in [2.24, 2.45) is 0 Å². The summed E-state index contributed by atoms with van der Waals surface area (Å²) in [5.41, 5.74) is 9.61. The summed E-state index contributed by atoms with van der Waals surface area (Å²) >= 11 is 0. The van der Waals surface area contributed by atoms with Crippen LogP contribution in [-0.4, -0.2) is 15.9 Å². The van der Waals surface area contributed by atoms with Gasteiger partial charge in [-0.1, -0.05) is 17.7 Å². The summed E-state index contributed by atoms with van der Waals surface area (Å²) in [6.45, 7) is 5.98. The molecule has 0 saturated heterocycles. The van der Waals surface area contributed by atoms with E-state index in [1.807, 2.05) is 32.9 Å². The van der Waals surface area contributed by atoms with Gasteiger partial charge in [0.05, 0.1) is 18.3 Å². The number of benzene rings is 1. The highest BCUT2D eigenvalue weighted by atomic mass is 16.2. The quantitative estimate of drug-likeness (QED) is 0.795. The van der Waals surface area contributed by atoms with Crippen LogP contribution in [0.2, 0.25) is 0 Å². The zero-order chi connectivity index (χ0) is 15.6. The summed E-state index contributed by atoms with van der Waals surface area (Å²) in [7, 11) is 0. The van der Waals surface area contributed by atoms with Crippen molar-refractivity contribution in [3.05, 3.63) is 51.1 Å². The summed E-state index contributed by atoms with van der Waals surface area (Å²) < 4.78 is 0. The molecule has 1 aromatic heterocycles. The molecule has 0 aliphatic carbocycles. The minimum atomic E-state index is -0.554. The number of hydrogen-bond acceptors (Lipinski definition) is 4. The molecule has 4 N–H and O–H groups in total. The summed E-state index contributed by atoms with van der Waals surface area (Å²) in [6, 6.07) is 4.08. The number of aromatic amines is 1. The van der Waals surface area contributed by atoms with Crippen LogP contribution in [0.1, 0.15) is 22.3 Å². The lowest BCUT2D eigenvalue weighted by atomic mass is 9.97. The predicted octanol–water partition coefficient (Wildman–Crippen LogP) is 1.46. The van der Waals surface area contributed by atoms with E-state index in [2.05, 4.69) is 15.3 Å². The van der Waals surface area contributed by atoms with E-state index in [1.165, 1.54) is 6.20 Å². The van der Waals surface area contributed by atoms with Crippen LogP contribution in [0.5, 0.6) is 0 Å². The smallest absolute Gasteiger partial charge is 0.346 e. The number of H-pyrrole nitrogens is 1. The van der Waals surface area contributed by atoms with E-state index >= 15 is 0 Å². The van der Waals surface area contributed by atoms with Crippen molar-refractivity contribution in [2.45, 2.75) is 27.2 Å². The Morgan fingerprint density at radius 3 is 2.52 bits per heavy atom. The molecule has 6 nitrogen and oxygen atoms in total. The van der Waals surface area contributed by atoms with E-state index < -0.39 is 5.69 Å². The highest BCUT2D eigenvalue weighted by Gasteiger charge is 2.11. The fourth-order valence-electron chi connectivity index (χ4n) is 2.34. The van der Waals surface area contributed by atoms with Crippen LogP contribution in [0.15, 0.2) is 23.1 Å². The van der Waals surface area contributed by atoms with Crippen LogP contribution in [0, 0.1) is 20.8 Å². The van der Waals surface area contributed by atoms with Gasteiger partial charge >= 0.3 is 5.69 Å². The van der Waals surface area contributed by atoms with Crippen LogP contribution in [0.3, 0.4) is 0 Å². The first-order valence-corrected chi connectivity index (χ1v) is 6.58. The number of nitrogens with zero attached hydrogens (tertiary/aromatic N) is 1. The first-order valence-electron chi connectivity index (χ1n) is 6.58. The maximum Gasteiger partial charge on any atom is 0.346 e. The fraction of sp³-hybridized carbons (Fsp3) is 0.267. The zero-order valence-corrected chi connectivity index (χ0v) is 12.3. The normalized spacial score (nSPS) is 10.4. The maximum atomic E-state index is 12.1. The number of anilines is 2. The Bertz CT molecular complexity index is 727. The Labute approximate surface area is 122 Å². The molecule has 0 spiro atoms. The van der Waals surface area contributed by atoms with Gasteiger partial charge in [-0.25, -0.2) is 4.79 Å². The molecule has 1 amide bonds. The number of rotatable bonds is 3. The molecule has 2 rings (SSSR count). The summed E-state index contributed by atoms with van der Waals surface area (Å²) in [5.74, 6) is -0.0546. The number of carbonyl (C=O) groups excluding carboxylic acids is 1. The zero-order valence-electron chi connectivity index (χ0n) is 12.3. The van der Waals surface area contributed by atoms with Gasteiger partial charge in [0.25, 0.3) is 0 Å². The van der Waals surface area contributed by atoms with Crippen molar-refractivity contribution in [1.82, 2.24) is 9.97 Å². The molecule has 110 valence electrons. The third-order valence-corrected chi connectivity index (χ3v) is 3.28. The number of carbonyl (C=O) groups is 1. The van der Waals surface area contributed by atoms with Gasteiger partial charge in [-0.15, -0.1) is 0 Å². The van der Waals surface area contributed by atoms with Crippen molar-refractivity contribution < 1.29 is 4.79 Å². The number of amides is 1. The van der Waals surface area contributed by atoms with Gasteiger partial charge in [0, 0.05) is 0 Å². The molecule has 0 aliphatic heterocycles. The molecule has 21 heavy (non-hydrogen) atoms. The number of hydrogen-bond donors (Lipinski definition) is 3. The van der Waals surface area contributed by atoms with Crippen molar-refractivity contribution >= 4 is 17.4 Å². The molecule has 0 radical (unpaired) electrons. The standard InChI is InChI=1S/C15H18N4O2/c1-8-4-9(2)11(10(3)5-8)6-13(20)18-14-12(16)7-17-15(21)19-14/h4-5,7H,6,16H2,1-3H3,(H2,17,18,19,20,21). The molecule has 2 aromatic rings. The van der Waals surface area contributed by atoms with Crippen molar-refractivity contribution in [3.8, 4) is 0 Å². The molecule has 0 unspecified atom stereocenters. The van der Waals surface area contributed by atoms with Gasteiger partial charge in [-0.05, 0) is 37.5 Å². The topological polar surface area (TPSA) is 101 Å². The Hall–Kier alpha value is -2.63. The third-order valence-electron chi connectivity index (χ3n) is 3.28. The molecule has 0 atom stereocenters. The summed E-state index contributed by atoms with van der Waals surface area (Å²) in [5, 5.41) is 2.61. The van der Waals surface area contributed by atoms with E-state index in [4.69, 9.17) is 5.73 Å². The van der Waals surface area contributed by atoms with E-state index in [0.29, 0.717) is 0 Å². The minimum Gasteiger partial charge on any atom is -0.395 e. The first kappa shape index (κ1) is 14.8. The highest BCUT2D eigenvalue weighted by molar-refractivity contribution is 5.94. The van der Waals surface area contributed by atoms with Crippen LogP contribution >= 0.6 is 0 Å². The molecule has 0 fully saturated rings. The van der Waals surface area contributed by atoms with Crippen LogP contribution < -0.4 is 16.7 Å². The Morgan fingerprint density at radius 2 is 1.90 bits per heavy atom. The monoisotopic (exact) mass is 286 g/mol. The number of nitrogens with one attached hydrogen (secondary N) is 2. The predicted molar refractivity (Wildman–Crippen MR) is 82.3 cm³/mol. The average molecular weight is 286 g/mol. The molecule has 0 saturated carbocycles. The van der Waals surface area contributed by atoms with E-state index in [9.17, 15) is 9.59 Å². The number of aryl methyl sites for hydroxylation is 3. The van der Waals surface area contributed by atoms with Crippen LogP contribution in [-0.2, 0) is 11.2 Å². The Kier molecular flexibility index (Phi) is 4.07. The van der Waals surface area contributed by atoms with Crippen LogP contribution in [0.25, 0.3) is 0 Å². The van der Waals surface area contributed by atoms with Gasteiger partial charge in [-0.3, -0.25) is 9.78 Å². The fourth-order valence-corrected chi connectivity index (χ4v) is 2.34. The first-order chi connectivity index (χ1) is 9.86. The van der Waals surface area contributed by atoms with E-state index in [1.54, 1.807) is 0 Å². The lowest BCUT2D eigenvalue weighted by molar-refractivity contribution is -0.115. The van der Waals surface area contributed by atoms with Crippen molar-refractivity contribution in [2.75, 3.05) is 11.1 Å². The highest BCUT2D eigenvalue weighted by Crippen LogP contribution is 2.18. The SMILES string of the molecule is Cc1cc(C)c(CC(=O)Nc2[nH]c(=O)ncc2N)c(C)c1. The number of nitrogen functional groups attached to an aromatic ring is 1. The molecular formula is C15H18N4O2. The van der Waals surface area contributed by atoms with Gasteiger partial charge in [0.15, 0.2) is 0 Å². The lowest BCUT2D eigenvalue weighted by Crippen LogP contribution is -2.21. The Morgan fingerprint density at radius 1 is 1.29 bits per heavy atom. The second-order valence-corrected chi connectivity index (χ2v) is 5.12. The summed E-state index contributed by atoms with van der Waals surface area (Å²) in [6.07, 6.45) is 1.44. The average Bonchev–Trinajstić information content (AvgIpc) is 2.38. The maximum absolute atomic E-state index is 12.1. The Balaban J connectivity index is 2.19.